The molecule has 0 radical (unpaired) electrons. The third kappa shape index (κ3) is 6.85. The van der Waals surface area contributed by atoms with Gasteiger partial charge >= 0.3 is 0 Å². The first-order chi connectivity index (χ1) is 16.1. The van der Waals surface area contributed by atoms with Gasteiger partial charge in [0.15, 0.2) is 0 Å². The van der Waals surface area contributed by atoms with Gasteiger partial charge in [-0.25, -0.2) is 4.39 Å². The molecule has 1 aromatic heterocycles. The molecule has 2 aliphatic rings. The van der Waals surface area contributed by atoms with Crippen molar-refractivity contribution in [1.82, 2.24) is 20.0 Å². The van der Waals surface area contributed by atoms with E-state index in [9.17, 15) is 14.0 Å². The number of hydrogen-bond donors (Lipinski definition) is 1. The highest BCUT2D eigenvalue weighted by Crippen LogP contribution is 2.26. The summed E-state index contributed by atoms with van der Waals surface area (Å²) in [5.41, 5.74) is 0.865. The van der Waals surface area contributed by atoms with E-state index in [0.717, 1.165) is 62.6 Å². The molecule has 2 amide bonds. The van der Waals surface area contributed by atoms with E-state index in [-0.39, 0.29) is 23.7 Å². The minimum atomic E-state index is -0.290. The summed E-state index contributed by atoms with van der Waals surface area (Å²) in [6.45, 7) is 5.68. The smallest absolute Gasteiger partial charge is 0.236 e. The van der Waals surface area contributed by atoms with Crippen molar-refractivity contribution in [2.75, 3.05) is 52.4 Å². The van der Waals surface area contributed by atoms with Gasteiger partial charge in [0.2, 0.25) is 11.8 Å². The van der Waals surface area contributed by atoms with Gasteiger partial charge in [0.25, 0.3) is 0 Å². The van der Waals surface area contributed by atoms with Crippen molar-refractivity contribution in [3.63, 3.8) is 0 Å². The number of nitrogens with zero attached hydrogens (tertiary/aromatic N) is 3. The predicted octanol–water partition coefficient (Wildman–Crippen LogP) is 3.11. The Morgan fingerprint density at radius 3 is 2.12 bits per heavy atom. The highest BCUT2D eigenvalue weighted by atomic mass is 32.1. The lowest BCUT2D eigenvalue weighted by Gasteiger charge is -2.35. The van der Waals surface area contributed by atoms with Crippen LogP contribution in [-0.2, 0) is 9.59 Å². The van der Waals surface area contributed by atoms with Crippen molar-refractivity contribution in [1.29, 1.82) is 0 Å². The monoisotopic (exact) mass is 472 g/mol. The molecule has 1 atom stereocenters. The Bertz CT molecular complexity index is 890. The zero-order valence-electron chi connectivity index (χ0n) is 19.0. The van der Waals surface area contributed by atoms with Crippen molar-refractivity contribution in [3.8, 4) is 0 Å². The van der Waals surface area contributed by atoms with E-state index in [1.807, 2.05) is 22.4 Å². The van der Waals surface area contributed by atoms with Gasteiger partial charge < -0.3 is 10.2 Å². The molecule has 6 nitrogen and oxygen atoms in total. The average molecular weight is 473 g/mol. The standard InChI is InChI=1S/C25H33FN4O2S/c26-21-9-7-20(8-10-21)25(22-6-5-17-33-22)27-23(31)18-28-13-15-29(16-14-28)19-24(32)30-11-3-1-2-4-12-30/h5-10,17,25H,1-4,11-16,18-19H2,(H,27,31). The van der Waals surface area contributed by atoms with Crippen LogP contribution >= 0.6 is 11.3 Å². The molecule has 2 fully saturated rings. The summed E-state index contributed by atoms with van der Waals surface area (Å²) in [4.78, 5) is 32.9. The highest BCUT2D eigenvalue weighted by Gasteiger charge is 2.25. The molecule has 3 heterocycles. The fourth-order valence-corrected chi connectivity index (χ4v) is 5.36. The minimum absolute atomic E-state index is 0.0492. The number of halogens is 1. The van der Waals surface area contributed by atoms with Gasteiger partial charge in [-0.1, -0.05) is 31.0 Å². The van der Waals surface area contributed by atoms with Crippen LogP contribution in [0.2, 0.25) is 0 Å². The predicted molar refractivity (Wildman–Crippen MR) is 129 cm³/mol. The van der Waals surface area contributed by atoms with Crippen molar-refractivity contribution in [3.05, 3.63) is 58.0 Å². The zero-order chi connectivity index (χ0) is 23.0. The second-order valence-corrected chi connectivity index (χ2v) is 9.89. The third-order valence-corrected chi connectivity index (χ3v) is 7.42. The molecule has 0 aliphatic carbocycles. The van der Waals surface area contributed by atoms with Gasteiger partial charge in [-0.15, -0.1) is 11.3 Å². The van der Waals surface area contributed by atoms with Gasteiger partial charge in [0.1, 0.15) is 5.82 Å². The zero-order valence-corrected chi connectivity index (χ0v) is 19.9. The number of piperazine rings is 1. The number of likely N-dealkylation sites (tertiary alicyclic amines) is 1. The molecular weight excluding hydrogens is 439 g/mol. The number of benzene rings is 1. The summed E-state index contributed by atoms with van der Waals surface area (Å²) in [5.74, 6) is -0.102. The van der Waals surface area contributed by atoms with E-state index in [2.05, 4.69) is 15.1 Å². The molecule has 8 heteroatoms. The Morgan fingerprint density at radius 1 is 0.879 bits per heavy atom. The number of thiophene rings is 1. The van der Waals surface area contributed by atoms with E-state index < -0.39 is 0 Å². The first-order valence-electron chi connectivity index (χ1n) is 11.9. The van der Waals surface area contributed by atoms with Gasteiger partial charge in [-0.3, -0.25) is 19.4 Å². The lowest BCUT2D eigenvalue weighted by molar-refractivity contribution is -0.133. The summed E-state index contributed by atoms with van der Waals surface area (Å²) in [5, 5.41) is 5.10. The lowest BCUT2D eigenvalue weighted by atomic mass is 10.1. The molecule has 2 aliphatic heterocycles. The van der Waals surface area contributed by atoms with E-state index >= 15 is 0 Å². The molecule has 0 bridgehead atoms. The first-order valence-corrected chi connectivity index (χ1v) is 12.8. The van der Waals surface area contributed by atoms with Crippen LogP contribution in [0.1, 0.15) is 42.2 Å². The van der Waals surface area contributed by atoms with Crippen molar-refractivity contribution in [2.24, 2.45) is 0 Å². The molecule has 2 aromatic rings. The fourth-order valence-electron chi connectivity index (χ4n) is 4.56. The van der Waals surface area contributed by atoms with Crippen LogP contribution in [0.3, 0.4) is 0 Å². The summed E-state index contributed by atoms with van der Waals surface area (Å²) < 4.78 is 13.4. The summed E-state index contributed by atoms with van der Waals surface area (Å²) in [6, 6.07) is 9.95. The summed E-state index contributed by atoms with van der Waals surface area (Å²) in [6.07, 6.45) is 4.66. The van der Waals surface area contributed by atoms with Crippen LogP contribution in [0, 0.1) is 5.82 Å². The quantitative estimate of drug-likeness (QED) is 0.673. The van der Waals surface area contributed by atoms with Gasteiger partial charge in [-0.2, -0.15) is 0 Å². The van der Waals surface area contributed by atoms with Crippen LogP contribution in [0.25, 0.3) is 0 Å². The molecule has 1 aromatic carbocycles. The maximum Gasteiger partial charge on any atom is 0.236 e. The number of amides is 2. The molecule has 2 saturated heterocycles. The van der Waals surface area contributed by atoms with Crippen LogP contribution in [0.5, 0.6) is 0 Å². The maximum atomic E-state index is 13.4. The molecule has 0 saturated carbocycles. The summed E-state index contributed by atoms with van der Waals surface area (Å²) >= 11 is 1.57. The SMILES string of the molecule is O=C(CN1CCN(CC(=O)N2CCCCCC2)CC1)NC(c1ccc(F)cc1)c1cccs1. The number of rotatable bonds is 7. The Labute approximate surface area is 199 Å². The van der Waals surface area contributed by atoms with Crippen LogP contribution in [0.15, 0.2) is 41.8 Å². The molecule has 0 spiro atoms. The summed E-state index contributed by atoms with van der Waals surface area (Å²) in [7, 11) is 0. The molecule has 1 N–H and O–H groups in total. The number of nitrogens with one attached hydrogen (secondary N) is 1. The Morgan fingerprint density at radius 2 is 1.52 bits per heavy atom. The minimum Gasteiger partial charge on any atom is -0.343 e. The lowest BCUT2D eigenvalue weighted by Crippen LogP contribution is -2.52. The highest BCUT2D eigenvalue weighted by molar-refractivity contribution is 7.10. The van der Waals surface area contributed by atoms with Crippen molar-refractivity contribution in [2.45, 2.75) is 31.7 Å². The Hall–Kier alpha value is -2.29. The average Bonchev–Trinajstić information content (AvgIpc) is 3.21. The van der Waals surface area contributed by atoms with Crippen LogP contribution in [0.4, 0.5) is 4.39 Å². The number of carbonyl (C=O) groups is 2. The molecule has 1 unspecified atom stereocenters. The van der Waals surface area contributed by atoms with E-state index in [4.69, 9.17) is 0 Å². The van der Waals surface area contributed by atoms with Crippen LogP contribution in [-0.4, -0.2) is 78.9 Å². The topological polar surface area (TPSA) is 55.9 Å². The van der Waals surface area contributed by atoms with Crippen molar-refractivity contribution < 1.29 is 14.0 Å². The maximum absolute atomic E-state index is 13.4. The largest absolute Gasteiger partial charge is 0.343 e. The fraction of sp³-hybridized carbons (Fsp3) is 0.520. The molecule has 178 valence electrons. The second-order valence-electron chi connectivity index (χ2n) is 8.91. The van der Waals surface area contributed by atoms with Crippen LogP contribution < -0.4 is 5.32 Å². The van der Waals surface area contributed by atoms with Gasteiger partial charge in [0.05, 0.1) is 19.1 Å². The number of carbonyl (C=O) groups excluding carboxylic acids is 2. The van der Waals surface area contributed by atoms with E-state index in [1.54, 1.807) is 23.5 Å². The normalized spacial score (nSPS) is 19.1. The molecule has 4 rings (SSSR count). The second kappa shape index (κ2) is 11.7. The Kier molecular flexibility index (Phi) is 8.47. The molecular formula is C25H33FN4O2S. The van der Waals surface area contributed by atoms with Crippen molar-refractivity contribution >= 4 is 23.2 Å². The first kappa shape index (κ1) is 23.9. The molecule has 33 heavy (non-hydrogen) atoms. The Balaban J connectivity index is 1.26. The third-order valence-electron chi connectivity index (χ3n) is 6.49. The van der Waals surface area contributed by atoms with E-state index in [1.165, 1.54) is 25.0 Å². The van der Waals surface area contributed by atoms with Gasteiger partial charge in [-0.05, 0) is 42.0 Å². The van der Waals surface area contributed by atoms with Gasteiger partial charge in [0, 0.05) is 44.1 Å². The number of hydrogen-bond acceptors (Lipinski definition) is 5. The van der Waals surface area contributed by atoms with E-state index in [0.29, 0.717) is 13.1 Å².